The molecular formula is C15H21NO2. The number of ketones is 1. The van der Waals surface area contributed by atoms with Crippen LogP contribution in [0.2, 0.25) is 0 Å². The summed E-state index contributed by atoms with van der Waals surface area (Å²) in [5, 5.41) is 2.67. The first kappa shape index (κ1) is 14.4. The zero-order chi connectivity index (χ0) is 13.7. The van der Waals surface area contributed by atoms with Gasteiger partial charge in [-0.1, -0.05) is 37.6 Å². The van der Waals surface area contributed by atoms with Crippen molar-refractivity contribution in [3.63, 3.8) is 0 Å². The van der Waals surface area contributed by atoms with Gasteiger partial charge in [0.25, 0.3) is 5.91 Å². The Kier molecular flexibility index (Phi) is 5.08. The molecule has 3 heteroatoms. The topological polar surface area (TPSA) is 46.2 Å². The third-order valence-electron chi connectivity index (χ3n) is 2.84. The minimum atomic E-state index is -0.511. The summed E-state index contributed by atoms with van der Waals surface area (Å²) >= 11 is 0. The van der Waals surface area contributed by atoms with E-state index in [-0.39, 0.29) is 0 Å². The second-order valence-electron chi connectivity index (χ2n) is 5.09. The molecule has 1 aromatic rings. The highest BCUT2D eigenvalue weighted by atomic mass is 16.2. The fourth-order valence-electron chi connectivity index (χ4n) is 1.75. The summed E-state index contributed by atoms with van der Waals surface area (Å²) in [5.74, 6) is -0.444. The summed E-state index contributed by atoms with van der Waals surface area (Å²) in [4.78, 5) is 23.6. The highest BCUT2D eigenvalue weighted by Crippen LogP contribution is 2.11. The lowest BCUT2D eigenvalue weighted by Crippen LogP contribution is -2.32. The van der Waals surface area contributed by atoms with Gasteiger partial charge in [-0.15, -0.1) is 0 Å². The number of rotatable bonds is 5. The van der Waals surface area contributed by atoms with Crippen LogP contribution in [0, 0.1) is 19.8 Å². The van der Waals surface area contributed by atoms with Gasteiger partial charge in [-0.3, -0.25) is 9.59 Å². The lowest BCUT2D eigenvalue weighted by Gasteiger charge is -2.08. The zero-order valence-corrected chi connectivity index (χ0v) is 11.5. The maximum Gasteiger partial charge on any atom is 0.292 e. The monoisotopic (exact) mass is 247 g/mol. The Labute approximate surface area is 109 Å². The number of benzene rings is 1. The van der Waals surface area contributed by atoms with E-state index in [9.17, 15) is 9.59 Å². The Morgan fingerprint density at radius 2 is 1.89 bits per heavy atom. The average molecular weight is 247 g/mol. The van der Waals surface area contributed by atoms with E-state index in [1.165, 1.54) is 0 Å². The lowest BCUT2D eigenvalue weighted by molar-refractivity contribution is -0.117. The van der Waals surface area contributed by atoms with Gasteiger partial charge < -0.3 is 5.32 Å². The molecule has 1 aromatic carbocycles. The van der Waals surface area contributed by atoms with Gasteiger partial charge in [0.15, 0.2) is 0 Å². The lowest BCUT2D eigenvalue weighted by atomic mass is 10.0. The maximum absolute atomic E-state index is 11.9. The smallest absolute Gasteiger partial charge is 0.292 e. The van der Waals surface area contributed by atoms with Crippen LogP contribution in [0.25, 0.3) is 0 Å². The van der Waals surface area contributed by atoms with E-state index in [4.69, 9.17) is 0 Å². The molecule has 0 heterocycles. The molecule has 0 atom stereocenters. The van der Waals surface area contributed by atoms with Crippen molar-refractivity contribution in [3.05, 3.63) is 34.9 Å². The quantitative estimate of drug-likeness (QED) is 0.642. The number of amides is 1. The van der Waals surface area contributed by atoms with Crippen LogP contribution in [0.3, 0.4) is 0 Å². The van der Waals surface area contributed by atoms with E-state index in [0.717, 1.165) is 17.5 Å². The Balaban J connectivity index is 2.66. The fourth-order valence-corrected chi connectivity index (χ4v) is 1.75. The largest absolute Gasteiger partial charge is 0.349 e. The van der Waals surface area contributed by atoms with Crippen molar-refractivity contribution in [1.82, 2.24) is 5.32 Å². The molecule has 1 N–H and O–H groups in total. The van der Waals surface area contributed by atoms with E-state index in [0.29, 0.717) is 18.0 Å². The van der Waals surface area contributed by atoms with E-state index >= 15 is 0 Å². The van der Waals surface area contributed by atoms with Gasteiger partial charge in [0.2, 0.25) is 5.78 Å². The molecule has 0 aliphatic rings. The second-order valence-corrected chi connectivity index (χ2v) is 5.09. The maximum atomic E-state index is 11.9. The van der Waals surface area contributed by atoms with E-state index in [2.05, 4.69) is 19.2 Å². The molecular weight excluding hydrogens is 226 g/mol. The summed E-state index contributed by atoms with van der Waals surface area (Å²) < 4.78 is 0. The Morgan fingerprint density at radius 1 is 1.22 bits per heavy atom. The number of hydrogen-bond acceptors (Lipinski definition) is 2. The SMILES string of the molecule is Cc1ccc(C(=O)C(=O)NCCC(C)C)c(C)c1. The van der Waals surface area contributed by atoms with Crippen LogP contribution in [0.1, 0.15) is 41.8 Å². The molecule has 0 saturated carbocycles. The van der Waals surface area contributed by atoms with Gasteiger partial charge in [0.05, 0.1) is 0 Å². The number of Topliss-reactive ketones (excluding diaryl/α,β-unsaturated/α-hetero) is 1. The van der Waals surface area contributed by atoms with Crippen LogP contribution in [0.5, 0.6) is 0 Å². The Bertz CT molecular complexity index is 450. The minimum absolute atomic E-state index is 0.448. The van der Waals surface area contributed by atoms with Crippen LogP contribution < -0.4 is 5.32 Å². The van der Waals surface area contributed by atoms with Crippen LogP contribution in [-0.4, -0.2) is 18.2 Å². The summed E-state index contributed by atoms with van der Waals surface area (Å²) in [6, 6.07) is 5.48. The standard InChI is InChI=1S/C15H21NO2/c1-10(2)7-8-16-15(18)14(17)13-6-5-11(3)9-12(13)4/h5-6,9-10H,7-8H2,1-4H3,(H,16,18). The second kappa shape index (κ2) is 6.34. The fraction of sp³-hybridized carbons (Fsp3) is 0.467. The van der Waals surface area contributed by atoms with Crippen molar-refractivity contribution in [1.29, 1.82) is 0 Å². The van der Waals surface area contributed by atoms with E-state index in [1.807, 2.05) is 26.0 Å². The van der Waals surface area contributed by atoms with Crippen molar-refractivity contribution in [2.45, 2.75) is 34.1 Å². The summed E-state index contributed by atoms with van der Waals surface area (Å²) in [7, 11) is 0. The molecule has 98 valence electrons. The highest BCUT2D eigenvalue weighted by molar-refractivity contribution is 6.43. The van der Waals surface area contributed by atoms with Crippen molar-refractivity contribution in [2.75, 3.05) is 6.54 Å². The van der Waals surface area contributed by atoms with E-state index in [1.54, 1.807) is 6.07 Å². The number of carbonyl (C=O) groups is 2. The number of carbonyl (C=O) groups excluding carboxylic acids is 2. The van der Waals surface area contributed by atoms with Crippen molar-refractivity contribution in [3.8, 4) is 0 Å². The first-order valence-electron chi connectivity index (χ1n) is 6.31. The molecule has 0 fully saturated rings. The molecule has 0 spiro atoms. The van der Waals surface area contributed by atoms with Gasteiger partial charge in [-0.2, -0.15) is 0 Å². The number of nitrogens with one attached hydrogen (secondary N) is 1. The molecule has 1 amide bonds. The van der Waals surface area contributed by atoms with Crippen LogP contribution >= 0.6 is 0 Å². The minimum Gasteiger partial charge on any atom is -0.349 e. The first-order valence-corrected chi connectivity index (χ1v) is 6.31. The third-order valence-corrected chi connectivity index (χ3v) is 2.84. The molecule has 3 nitrogen and oxygen atoms in total. The third kappa shape index (κ3) is 3.99. The zero-order valence-electron chi connectivity index (χ0n) is 11.5. The van der Waals surface area contributed by atoms with Gasteiger partial charge in [-0.05, 0) is 31.7 Å². The molecule has 0 radical (unpaired) electrons. The first-order chi connectivity index (χ1) is 8.41. The highest BCUT2D eigenvalue weighted by Gasteiger charge is 2.17. The molecule has 0 bridgehead atoms. The van der Waals surface area contributed by atoms with Crippen LogP contribution in [-0.2, 0) is 4.79 Å². The van der Waals surface area contributed by atoms with Gasteiger partial charge in [0.1, 0.15) is 0 Å². The molecule has 0 aromatic heterocycles. The normalized spacial score (nSPS) is 10.5. The molecule has 0 unspecified atom stereocenters. The molecule has 1 rings (SSSR count). The van der Waals surface area contributed by atoms with Gasteiger partial charge >= 0.3 is 0 Å². The Morgan fingerprint density at radius 3 is 2.44 bits per heavy atom. The van der Waals surface area contributed by atoms with Gasteiger partial charge in [0, 0.05) is 12.1 Å². The Hall–Kier alpha value is -1.64. The van der Waals surface area contributed by atoms with Crippen molar-refractivity contribution in [2.24, 2.45) is 5.92 Å². The number of hydrogen-bond donors (Lipinski definition) is 1. The van der Waals surface area contributed by atoms with Crippen molar-refractivity contribution >= 4 is 11.7 Å². The van der Waals surface area contributed by atoms with Crippen LogP contribution in [0.15, 0.2) is 18.2 Å². The predicted octanol–water partition coefficient (Wildman–Crippen LogP) is 2.65. The summed E-state index contributed by atoms with van der Waals surface area (Å²) in [6.45, 7) is 8.52. The molecule has 18 heavy (non-hydrogen) atoms. The summed E-state index contributed by atoms with van der Waals surface area (Å²) in [5.41, 5.74) is 2.42. The summed E-state index contributed by atoms with van der Waals surface area (Å²) in [6.07, 6.45) is 0.881. The van der Waals surface area contributed by atoms with Gasteiger partial charge in [-0.25, -0.2) is 0 Å². The van der Waals surface area contributed by atoms with Crippen LogP contribution in [0.4, 0.5) is 0 Å². The predicted molar refractivity (Wildman–Crippen MR) is 72.7 cm³/mol. The molecule has 0 aliphatic heterocycles. The molecule has 0 saturated heterocycles. The number of aryl methyl sites for hydroxylation is 2. The average Bonchev–Trinajstić information content (AvgIpc) is 2.27. The molecule has 0 aliphatic carbocycles. The van der Waals surface area contributed by atoms with E-state index < -0.39 is 11.7 Å². The van der Waals surface area contributed by atoms with Crippen molar-refractivity contribution < 1.29 is 9.59 Å².